The number of para-hydroxylation sites is 1. The molecule has 3 aliphatic rings. The Bertz CT molecular complexity index is 658. The van der Waals surface area contributed by atoms with Gasteiger partial charge in [-0.05, 0) is 82.0 Å². The number of nitrogens with zero attached hydrogens (tertiary/aromatic N) is 2. The predicted molar refractivity (Wildman–Crippen MR) is 110 cm³/mol. The topological polar surface area (TPSA) is 42.0 Å². The molecule has 0 radical (unpaired) electrons. The van der Waals surface area contributed by atoms with E-state index in [4.69, 9.17) is 9.47 Å². The van der Waals surface area contributed by atoms with Gasteiger partial charge in [0, 0.05) is 18.6 Å². The van der Waals surface area contributed by atoms with E-state index >= 15 is 0 Å². The molecule has 0 spiro atoms. The molecule has 0 aromatic heterocycles. The average molecular weight is 387 g/mol. The maximum absolute atomic E-state index is 12.3. The third-order valence-corrected chi connectivity index (χ3v) is 6.99. The summed E-state index contributed by atoms with van der Waals surface area (Å²) in [5.41, 5.74) is 1.37. The summed E-state index contributed by atoms with van der Waals surface area (Å²) in [7, 11) is 1.77. The Hall–Kier alpha value is -1.75. The lowest BCUT2D eigenvalue weighted by molar-refractivity contribution is 0.0508. The molecular formula is C23H34N2O3. The van der Waals surface area contributed by atoms with Crippen LogP contribution in [0.2, 0.25) is 0 Å². The number of ether oxygens (including phenoxy) is 2. The van der Waals surface area contributed by atoms with Crippen molar-refractivity contribution in [2.24, 2.45) is 5.92 Å². The van der Waals surface area contributed by atoms with Gasteiger partial charge in [-0.2, -0.15) is 0 Å². The zero-order chi connectivity index (χ0) is 19.5. The summed E-state index contributed by atoms with van der Waals surface area (Å²) >= 11 is 0. The van der Waals surface area contributed by atoms with Crippen molar-refractivity contribution in [3.8, 4) is 5.75 Å². The van der Waals surface area contributed by atoms with Crippen LogP contribution in [0.25, 0.3) is 0 Å². The number of rotatable bonds is 5. The van der Waals surface area contributed by atoms with Gasteiger partial charge in [0.15, 0.2) is 0 Å². The Morgan fingerprint density at radius 2 is 1.75 bits per heavy atom. The van der Waals surface area contributed by atoms with Gasteiger partial charge in [0.1, 0.15) is 5.75 Å². The molecular weight excluding hydrogens is 352 g/mol. The number of hydrogen-bond donors (Lipinski definition) is 0. The molecule has 1 aromatic rings. The molecule has 3 heterocycles. The van der Waals surface area contributed by atoms with Gasteiger partial charge in [-0.1, -0.05) is 18.2 Å². The van der Waals surface area contributed by atoms with E-state index in [0.29, 0.717) is 30.5 Å². The van der Waals surface area contributed by atoms with Gasteiger partial charge in [-0.25, -0.2) is 4.79 Å². The van der Waals surface area contributed by atoms with Crippen LogP contribution in [0.15, 0.2) is 24.3 Å². The van der Waals surface area contributed by atoms with Gasteiger partial charge in [0.05, 0.1) is 13.7 Å². The second-order valence-electron chi connectivity index (χ2n) is 8.65. The van der Waals surface area contributed by atoms with Crippen LogP contribution < -0.4 is 4.74 Å². The molecule has 5 heteroatoms. The van der Waals surface area contributed by atoms with E-state index < -0.39 is 0 Å². The number of methoxy groups -OCH3 is 1. The second-order valence-corrected chi connectivity index (χ2v) is 8.65. The second kappa shape index (κ2) is 8.73. The molecule has 0 N–H and O–H groups in total. The number of fused-ring (bicyclic) bond motifs is 2. The first kappa shape index (κ1) is 19.6. The lowest BCUT2D eigenvalue weighted by atomic mass is 9.86. The molecule has 3 fully saturated rings. The zero-order valence-corrected chi connectivity index (χ0v) is 17.3. The minimum Gasteiger partial charge on any atom is -0.496 e. The molecule has 3 aliphatic heterocycles. The molecule has 0 saturated carbocycles. The maximum Gasteiger partial charge on any atom is 0.410 e. The van der Waals surface area contributed by atoms with Crippen molar-refractivity contribution in [2.45, 2.75) is 63.5 Å². The van der Waals surface area contributed by atoms with Crippen molar-refractivity contribution < 1.29 is 14.3 Å². The third-order valence-electron chi connectivity index (χ3n) is 6.99. The van der Waals surface area contributed by atoms with Crippen LogP contribution in [0, 0.1) is 5.92 Å². The summed E-state index contributed by atoms with van der Waals surface area (Å²) in [6.45, 7) is 5.87. The minimum absolute atomic E-state index is 0.0916. The quantitative estimate of drug-likeness (QED) is 0.758. The SMILES string of the molecule is CCOC(=O)N1[C@@H]2CC[C@@H]1CC(CN1CCC(c3ccccc3OC)CC1)C2. The standard InChI is InChI=1S/C23H34N2O3/c1-3-28-23(26)25-19-8-9-20(25)15-17(14-19)16-24-12-10-18(11-13-24)21-6-4-5-7-22(21)27-2/h4-7,17-20H,3,8-16H2,1-2H3/t19-,20-/m1/s1. The van der Waals surface area contributed by atoms with E-state index in [9.17, 15) is 4.79 Å². The van der Waals surface area contributed by atoms with Crippen LogP contribution >= 0.6 is 0 Å². The van der Waals surface area contributed by atoms with Crippen LogP contribution in [0.5, 0.6) is 5.75 Å². The minimum atomic E-state index is -0.0916. The number of carbonyl (C=O) groups is 1. The van der Waals surface area contributed by atoms with Gasteiger partial charge >= 0.3 is 6.09 Å². The summed E-state index contributed by atoms with van der Waals surface area (Å²) < 4.78 is 10.9. The van der Waals surface area contributed by atoms with Crippen LogP contribution in [-0.2, 0) is 4.74 Å². The predicted octanol–water partition coefficient (Wildman–Crippen LogP) is 4.27. The molecule has 28 heavy (non-hydrogen) atoms. The van der Waals surface area contributed by atoms with Gasteiger partial charge in [-0.3, -0.25) is 0 Å². The van der Waals surface area contributed by atoms with Crippen molar-refractivity contribution >= 4 is 6.09 Å². The summed E-state index contributed by atoms with van der Waals surface area (Å²) in [5.74, 6) is 2.35. The van der Waals surface area contributed by atoms with Gasteiger partial charge in [0.25, 0.3) is 0 Å². The fraction of sp³-hybridized carbons (Fsp3) is 0.696. The van der Waals surface area contributed by atoms with Gasteiger partial charge in [0.2, 0.25) is 0 Å². The molecule has 3 saturated heterocycles. The molecule has 0 unspecified atom stereocenters. The highest BCUT2D eigenvalue weighted by Gasteiger charge is 2.44. The van der Waals surface area contributed by atoms with E-state index in [-0.39, 0.29) is 6.09 Å². The molecule has 0 aliphatic carbocycles. The first-order valence-electron chi connectivity index (χ1n) is 11.0. The molecule has 2 bridgehead atoms. The Kier molecular flexibility index (Phi) is 6.10. The van der Waals surface area contributed by atoms with E-state index in [1.165, 1.54) is 24.9 Å². The number of likely N-dealkylation sites (tertiary alicyclic amines) is 1. The Labute approximate surface area is 169 Å². The van der Waals surface area contributed by atoms with Crippen LogP contribution in [0.4, 0.5) is 4.79 Å². The Morgan fingerprint density at radius 3 is 2.39 bits per heavy atom. The highest BCUT2D eigenvalue weighted by atomic mass is 16.6. The number of benzene rings is 1. The van der Waals surface area contributed by atoms with E-state index in [1.54, 1.807) is 7.11 Å². The first-order valence-corrected chi connectivity index (χ1v) is 11.0. The lowest BCUT2D eigenvalue weighted by Gasteiger charge is -2.41. The van der Waals surface area contributed by atoms with E-state index in [0.717, 1.165) is 44.5 Å². The summed E-state index contributed by atoms with van der Waals surface area (Å²) in [6.07, 6.45) is 6.89. The van der Waals surface area contributed by atoms with Crippen molar-refractivity contribution in [3.63, 3.8) is 0 Å². The van der Waals surface area contributed by atoms with Crippen molar-refractivity contribution in [1.82, 2.24) is 9.80 Å². The van der Waals surface area contributed by atoms with Gasteiger partial charge in [-0.15, -0.1) is 0 Å². The summed E-state index contributed by atoms with van der Waals surface area (Å²) in [5, 5.41) is 0. The van der Waals surface area contributed by atoms with Crippen molar-refractivity contribution in [2.75, 3.05) is 33.4 Å². The monoisotopic (exact) mass is 386 g/mol. The Balaban J connectivity index is 1.29. The highest BCUT2D eigenvalue weighted by Crippen LogP contribution is 2.40. The number of carbonyl (C=O) groups excluding carboxylic acids is 1. The van der Waals surface area contributed by atoms with Crippen LogP contribution in [0.1, 0.15) is 56.9 Å². The average Bonchev–Trinajstić information content (AvgIpc) is 2.99. The molecule has 1 amide bonds. The van der Waals surface area contributed by atoms with Crippen LogP contribution in [0.3, 0.4) is 0 Å². The van der Waals surface area contributed by atoms with Gasteiger partial charge < -0.3 is 19.3 Å². The van der Waals surface area contributed by atoms with E-state index in [2.05, 4.69) is 29.2 Å². The van der Waals surface area contributed by atoms with Crippen molar-refractivity contribution in [3.05, 3.63) is 29.8 Å². The van der Waals surface area contributed by atoms with Crippen LogP contribution in [-0.4, -0.2) is 61.3 Å². The largest absolute Gasteiger partial charge is 0.496 e. The lowest BCUT2D eigenvalue weighted by Crippen LogP contribution is -2.49. The highest BCUT2D eigenvalue weighted by molar-refractivity contribution is 5.69. The maximum atomic E-state index is 12.3. The summed E-state index contributed by atoms with van der Waals surface area (Å²) in [6, 6.07) is 9.27. The summed E-state index contributed by atoms with van der Waals surface area (Å²) in [4.78, 5) is 17.0. The fourth-order valence-corrected chi connectivity index (χ4v) is 5.73. The number of amides is 1. The Morgan fingerprint density at radius 1 is 1.07 bits per heavy atom. The zero-order valence-electron chi connectivity index (χ0n) is 17.3. The molecule has 5 nitrogen and oxygen atoms in total. The number of hydrogen-bond acceptors (Lipinski definition) is 4. The fourth-order valence-electron chi connectivity index (χ4n) is 5.73. The number of piperidine rings is 2. The molecule has 4 rings (SSSR count). The third kappa shape index (κ3) is 4.00. The first-order chi connectivity index (χ1) is 13.7. The van der Waals surface area contributed by atoms with E-state index in [1.807, 2.05) is 11.8 Å². The molecule has 2 atom stereocenters. The normalized spacial score (nSPS) is 28.4. The smallest absolute Gasteiger partial charge is 0.410 e. The molecule has 1 aromatic carbocycles. The molecule has 154 valence electrons. The van der Waals surface area contributed by atoms with Crippen molar-refractivity contribution in [1.29, 1.82) is 0 Å².